The van der Waals surface area contributed by atoms with Crippen LogP contribution < -0.4 is 0 Å². The van der Waals surface area contributed by atoms with Crippen LogP contribution in [0.4, 0.5) is 0 Å². The molecule has 0 aliphatic heterocycles. The first-order chi connectivity index (χ1) is 6.95. The Hall–Kier alpha value is -0.240. The van der Waals surface area contributed by atoms with Crippen LogP contribution in [0, 0.1) is 0 Å². The zero-order valence-corrected chi connectivity index (χ0v) is 9.37. The summed E-state index contributed by atoms with van der Waals surface area (Å²) in [6.45, 7) is 2.97. The number of aliphatic hydroxyl groups excluding tert-OH is 6. The maximum Gasteiger partial charge on any atom is 0.0742 e. The van der Waals surface area contributed by atoms with Gasteiger partial charge >= 0.3 is 0 Å². The van der Waals surface area contributed by atoms with Crippen LogP contribution in [0.3, 0.4) is 0 Å². The van der Waals surface area contributed by atoms with Gasteiger partial charge in [0.15, 0.2) is 0 Å². The highest BCUT2D eigenvalue weighted by Gasteiger charge is 1.83. The molecule has 0 amide bonds. The fourth-order valence-corrected chi connectivity index (χ4v) is 0.0707. The van der Waals surface area contributed by atoms with E-state index in [-0.39, 0.29) is 26.4 Å². The molecule has 0 heterocycles. The summed E-state index contributed by atoms with van der Waals surface area (Å²) in [7, 11) is 0. The van der Waals surface area contributed by atoms with Crippen LogP contribution in [0.2, 0.25) is 0 Å². The van der Waals surface area contributed by atoms with Gasteiger partial charge in [0.1, 0.15) is 0 Å². The SMILES string of the molecule is CC(O)CO.CC(O)CO.OCCCO. The van der Waals surface area contributed by atoms with E-state index in [2.05, 4.69) is 0 Å². The molecular weight excluding hydrogens is 204 g/mol. The Bertz CT molecular complexity index is 76.7. The maximum atomic E-state index is 8.11. The van der Waals surface area contributed by atoms with E-state index in [9.17, 15) is 0 Å². The minimum Gasteiger partial charge on any atom is -0.396 e. The quantitative estimate of drug-likeness (QED) is 0.333. The van der Waals surface area contributed by atoms with E-state index in [1.54, 1.807) is 0 Å². The lowest BCUT2D eigenvalue weighted by Gasteiger charge is -1.90. The Kier molecular flexibility index (Phi) is 26.1. The zero-order chi connectivity index (χ0) is 12.7. The van der Waals surface area contributed by atoms with Gasteiger partial charge < -0.3 is 30.6 Å². The number of aliphatic hydroxyl groups is 6. The minimum atomic E-state index is -0.560. The third kappa shape index (κ3) is 57.4. The molecule has 0 spiro atoms. The largest absolute Gasteiger partial charge is 0.396 e. The first-order valence-electron chi connectivity index (χ1n) is 4.75. The van der Waals surface area contributed by atoms with Gasteiger partial charge in [-0.25, -0.2) is 0 Å². The van der Waals surface area contributed by atoms with Gasteiger partial charge in [0.25, 0.3) is 0 Å². The highest BCUT2D eigenvalue weighted by molar-refractivity contribution is 4.34. The number of hydrogen-bond acceptors (Lipinski definition) is 6. The van der Waals surface area contributed by atoms with Gasteiger partial charge in [-0.3, -0.25) is 0 Å². The molecular formula is C9H24O6. The first kappa shape index (κ1) is 20.2. The maximum absolute atomic E-state index is 8.11. The number of rotatable bonds is 4. The number of hydrogen-bond donors (Lipinski definition) is 6. The van der Waals surface area contributed by atoms with E-state index >= 15 is 0 Å². The Morgan fingerprint density at radius 3 is 0.933 bits per heavy atom. The lowest BCUT2D eigenvalue weighted by atomic mass is 10.5. The van der Waals surface area contributed by atoms with Crippen LogP contribution in [0.5, 0.6) is 0 Å². The average molecular weight is 228 g/mol. The molecule has 0 aromatic heterocycles. The smallest absolute Gasteiger partial charge is 0.0742 e. The summed E-state index contributed by atoms with van der Waals surface area (Å²) in [5.41, 5.74) is 0. The van der Waals surface area contributed by atoms with Crippen molar-refractivity contribution in [2.45, 2.75) is 32.5 Å². The normalized spacial score (nSPS) is 12.8. The van der Waals surface area contributed by atoms with Crippen LogP contribution in [-0.2, 0) is 0 Å². The van der Waals surface area contributed by atoms with Crippen molar-refractivity contribution in [2.75, 3.05) is 26.4 Å². The van der Waals surface area contributed by atoms with Crippen molar-refractivity contribution in [3.63, 3.8) is 0 Å². The van der Waals surface area contributed by atoms with Crippen LogP contribution in [-0.4, -0.2) is 69.3 Å². The summed E-state index contributed by atoms with van der Waals surface area (Å²) in [4.78, 5) is 0. The molecule has 0 bridgehead atoms. The zero-order valence-electron chi connectivity index (χ0n) is 9.37. The average Bonchev–Trinajstić information content (AvgIpc) is 2.20. The molecule has 15 heavy (non-hydrogen) atoms. The van der Waals surface area contributed by atoms with Crippen molar-refractivity contribution < 1.29 is 30.6 Å². The molecule has 0 saturated carbocycles. The highest BCUT2D eigenvalue weighted by atomic mass is 16.3. The first-order valence-corrected chi connectivity index (χ1v) is 4.75. The standard InChI is InChI=1S/3C3H8O2/c2*1-3(5)2-4;4-2-1-3-5/h2*3-5H,2H2,1H3;4-5H,1-3H2. The van der Waals surface area contributed by atoms with E-state index in [1.165, 1.54) is 13.8 Å². The lowest BCUT2D eigenvalue weighted by molar-refractivity contribution is 0.110. The molecule has 2 unspecified atom stereocenters. The van der Waals surface area contributed by atoms with E-state index in [1.807, 2.05) is 0 Å². The van der Waals surface area contributed by atoms with Crippen molar-refractivity contribution in [1.82, 2.24) is 0 Å². The predicted molar refractivity (Wildman–Crippen MR) is 56.3 cm³/mol. The second-order valence-corrected chi connectivity index (χ2v) is 2.86. The van der Waals surface area contributed by atoms with Gasteiger partial charge in [-0.1, -0.05) is 0 Å². The van der Waals surface area contributed by atoms with Gasteiger partial charge in [-0.2, -0.15) is 0 Å². The third-order valence-electron chi connectivity index (χ3n) is 0.845. The topological polar surface area (TPSA) is 121 Å². The van der Waals surface area contributed by atoms with E-state index in [0.29, 0.717) is 6.42 Å². The van der Waals surface area contributed by atoms with E-state index < -0.39 is 12.2 Å². The molecule has 0 fully saturated rings. The molecule has 0 aliphatic carbocycles. The molecule has 0 aliphatic rings. The monoisotopic (exact) mass is 228 g/mol. The summed E-state index contributed by atoms with van der Waals surface area (Å²) in [5, 5.41) is 47.8. The molecule has 0 saturated heterocycles. The fourth-order valence-electron chi connectivity index (χ4n) is 0.0707. The molecule has 0 radical (unpaired) electrons. The van der Waals surface area contributed by atoms with Crippen LogP contribution >= 0.6 is 0 Å². The van der Waals surface area contributed by atoms with Crippen molar-refractivity contribution in [3.05, 3.63) is 0 Å². The Morgan fingerprint density at radius 2 is 0.933 bits per heavy atom. The Morgan fingerprint density at radius 1 is 0.733 bits per heavy atom. The summed E-state index contributed by atoms with van der Waals surface area (Å²) < 4.78 is 0. The van der Waals surface area contributed by atoms with Crippen LogP contribution in [0.1, 0.15) is 20.3 Å². The summed E-state index contributed by atoms with van der Waals surface area (Å²) >= 11 is 0. The van der Waals surface area contributed by atoms with Gasteiger partial charge in [-0.05, 0) is 20.3 Å². The van der Waals surface area contributed by atoms with Crippen molar-refractivity contribution >= 4 is 0 Å². The molecule has 0 aromatic rings. The summed E-state index contributed by atoms with van der Waals surface area (Å²) in [5.74, 6) is 0. The lowest BCUT2D eigenvalue weighted by Crippen LogP contribution is -2.03. The Balaban J connectivity index is -0.000000144. The predicted octanol–water partition coefficient (Wildman–Crippen LogP) is -1.92. The van der Waals surface area contributed by atoms with Gasteiger partial charge in [0.2, 0.25) is 0 Å². The molecule has 0 aromatic carbocycles. The van der Waals surface area contributed by atoms with Gasteiger partial charge in [0.05, 0.1) is 25.4 Å². The van der Waals surface area contributed by atoms with Crippen LogP contribution in [0.25, 0.3) is 0 Å². The van der Waals surface area contributed by atoms with Gasteiger partial charge in [0, 0.05) is 13.2 Å². The molecule has 96 valence electrons. The molecule has 6 N–H and O–H groups in total. The second-order valence-electron chi connectivity index (χ2n) is 2.86. The minimum absolute atomic E-state index is 0.0938. The van der Waals surface area contributed by atoms with E-state index in [4.69, 9.17) is 30.6 Å². The van der Waals surface area contributed by atoms with Crippen molar-refractivity contribution in [3.8, 4) is 0 Å². The van der Waals surface area contributed by atoms with E-state index in [0.717, 1.165) is 0 Å². The van der Waals surface area contributed by atoms with Crippen molar-refractivity contribution in [2.24, 2.45) is 0 Å². The second kappa shape index (κ2) is 19.4. The Labute approximate surface area is 90.4 Å². The van der Waals surface area contributed by atoms with Crippen LogP contribution in [0.15, 0.2) is 0 Å². The summed E-state index contributed by atoms with van der Waals surface area (Å²) in [6, 6.07) is 0. The fraction of sp³-hybridized carbons (Fsp3) is 1.00. The third-order valence-corrected chi connectivity index (χ3v) is 0.845. The summed E-state index contributed by atoms with van der Waals surface area (Å²) in [6.07, 6.45) is -0.620. The molecule has 2 atom stereocenters. The molecule has 0 rings (SSSR count). The molecule has 6 heteroatoms. The van der Waals surface area contributed by atoms with Crippen molar-refractivity contribution in [1.29, 1.82) is 0 Å². The highest BCUT2D eigenvalue weighted by Crippen LogP contribution is 1.69. The molecule has 6 nitrogen and oxygen atoms in total. The van der Waals surface area contributed by atoms with Gasteiger partial charge in [-0.15, -0.1) is 0 Å².